The fourth-order valence-corrected chi connectivity index (χ4v) is 3.15. The lowest BCUT2D eigenvalue weighted by Gasteiger charge is -2.20. The standard InChI is InChI=1S/C20H34N4O/c1-2-25-14-8-11-22-20(21)23-16-18-9-7-10-19(15-18)17-24-12-5-3-4-6-13-24/h7,9-10,15H,2-6,8,11-14,16-17H2,1H3,(H3,21,22,23). The number of ether oxygens (including phenoxy) is 1. The van der Waals surface area contributed by atoms with Crippen LogP contribution in [0.15, 0.2) is 29.3 Å². The van der Waals surface area contributed by atoms with Gasteiger partial charge in [0.1, 0.15) is 0 Å². The Hall–Kier alpha value is -1.59. The molecule has 3 N–H and O–H groups in total. The van der Waals surface area contributed by atoms with Crippen LogP contribution in [0.4, 0.5) is 0 Å². The minimum Gasteiger partial charge on any atom is -0.382 e. The molecular formula is C20H34N4O. The molecule has 1 aliphatic heterocycles. The van der Waals surface area contributed by atoms with E-state index in [-0.39, 0.29) is 0 Å². The highest BCUT2D eigenvalue weighted by molar-refractivity contribution is 5.77. The zero-order valence-corrected chi connectivity index (χ0v) is 15.7. The molecule has 1 heterocycles. The van der Waals surface area contributed by atoms with Crippen LogP contribution in [0.25, 0.3) is 0 Å². The van der Waals surface area contributed by atoms with Gasteiger partial charge in [0.05, 0.1) is 6.54 Å². The predicted molar refractivity (Wildman–Crippen MR) is 105 cm³/mol. The van der Waals surface area contributed by atoms with Gasteiger partial charge < -0.3 is 15.8 Å². The van der Waals surface area contributed by atoms with Gasteiger partial charge in [-0.1, -0.05) is 37.1 Å². The summed E-state index contributed by atoms with van der Waals surface area (Å²) in [7, 11) is 0. The lowest BCUT2D eigenvalue weighted by atomic mass is 10.1. The quantitative estimate of drug-likeness (QED) is 0.410. The van der Waals surface area contributed by atoms with Gasteiger partial charge in [0.25, 0.3) is 0 Å². The van der Waals surface area contributed by atoms with E-state index in [2.05, 4.69) is 39.5 Å². The maximum Gasteiger partial charge on any atom is 0.188 e. The van der Waals surface area contributed by atoms with Crippen LogP contribution in [0.1, 0.15) is 50.2 Å². The van der Waals surface area contributed by atoms with Gasteiger partial charge in [-0.05, 0) is 50.4 Å². The Balaban J connectivity index is 1.76. The monoisotopic (exact) mass is 346 g/mol. The number of nitrogens with zero attached hydrogens (tertiary/aromatic N) is 2. The average Bonchev–Trinajstić information content (AvgIpc) is 2.89. The molecule has 0 aromatic heterocycles. The molecule has 0 bridgehead atoms. The third-order valence-corrected chi connectivity index (χ3v) is 4.50. The Morgan fingerprint density at radius 2 is 1.96 bits per heavy atom. The summed E-state index contributed by atoms with van der Waals surface area (Å²) in [4.78, 5) is 7.02. The number of likely N-dealkylation sites (tertiary alicyclic amines) is 1. The Labute approximate surface area is 152 Å². The first kappa shape index (κ1) is 19.7. The van der Waals surface area contributed by atoms with E-state index >= 15 is 0 Å². The van der Waals surface area contributed by atoms with Crippen molar-refractivity contribution in [1.29, 1.82) is 0 Å². The summed E-state index contributed by atoms with van der Waals surface area (Å²) >= 11 is 0. The first-order valence-corrected chi connectivity index (χ1v) is 9.69. The van der Waals surface area contributed by atoms with Crippen LogP contribution in [0.3, 0.4) is 0 Å². The molecule has 0 radical (unpaired) electrons. The summed E-state index contributed by atoms with van der Waals surface area (Å²) in [6, 6.07) is 8.73. The SMILES string of the molecule is CCOCCCNC(N)=NCc1cccc(CN2CCCCCC2)c1. The topological polar surface area (TPSA) is 62.9 Å². The Kier molecular flexibility index (Phi) is 9.37. The van der Waals surface area contributed by atoms with Crippen LogP contribution in [0.2, 0.25) is 0 Å². The van der Waals surface area contributed by atoms with Gasteiger partial charge in [0.15, 0.2) is 5.96 Å². The van der Waals surface area contributed by atoms with Crippen molar-refractivity contribution in [3.05, 3.63) is 35.4 Å². The highest BCUT2D eigenvalue weighted by Gasteiger charge is 2.09. The molecular weight excluding hydrogens is 312 g/mol. The minimum atomic E-state index is 0.509. The zero-order valence-electron chi connectivity index (χ0n) is 15.7. The Morgan fingerprint density at radius 1 is 1.20 bits per heavy atom. The van der Waals surface area contributed by atoms with Crippen molar-refractivity contribution < 1.29 is 4.74 Å². The number of aliphatic imine (C=N–C) groups is 1. The molecule has 0 amide bonds. The van der Waals surface area contributed by atoms with Gasteiger partial charge in [-0.25, -0.2) is 4.99 Å². The first-order valence-electron chi connectivity index (χ1n) is 9.69. The third kappa shape index (κ3) is 8.36. The highest BCUT2D eigenvalue weighted by Crippen LogP contribution is 2.14. The van der Waals surface area contributed by atoms with Gasteiger partial charge in [0.2, 0.25) is 0 Å². The Bertz CT molecular complexity index is 510. The number of nitrogens with one attached hydrogen (secondary N) is 1. The largest absolute Gasteiger partial charge is 0.382 e. The molecule has 140 valence electrons. The van der Waals surface area contributed by atoms with E-state index < -0.39 is 0 Å². The van der Waals surface area contributed by atoms with Crippen LogP contribution in [0, 0.1) is 0 Å². The van der Waals surface area contributed by atoms with Crippen LogP contribution in [-0.4, -0.2) is 43.7 Å². The van der Waals surface area contributed by atoms with Crippen molar-refractivity contribution in [2.45, 2.75) is 52.1 Å². The van der Waals surface area contributed by atoms with E-state index in [1.165, 1.54) is 49.9 Å². The number of hydrogen-bond acceptors (Lipinski definition) is 3. The van der Waals surface area contributed by atoms with Crippen molar-refractivity contribution >= 4 is 5.96 Å². The van der Waals surface area contributed by atoms with Crippen molar-refractivity contribution in [3.63, 3.8) is 0 Å². The second kappa shape index (κ2) is 11.9. The molecule has 1 fully saturated rings. The van der Waals surface area contributed by atoms with Crippen LogP contribution in [0.5, 0.6) is 0 Å². The van der Waals surface area contributed by atoms with Crippen molar-refractivity contribution in [2.75, 3.05) is 32.8 Å². The van der Waals surface area contributed by atoms with Crippen LogP contribution >= 0.6 is 0 Å². The molecule has 0 saturated carbocycles. The molecule has 2 rings (SSSR count). The highest BCUT2D eigenvalue weighted by atomic mass is 16.5. The number of rotatable bonds is 9. The summed E-state index contributed by atoms with van der Waals surface area (Å²) in [6.07, 6.45) is 6.35. The van der Waals surface area contributed by atoms with Crippen LogP contribution < -0.4 is 11.1 Å². The molecule has 0 spiro atoms. The average molecular weight is 347 g/mol. The normalized spacial score (nSPS) is 16.6. The number of benzene rings is 1. The smallest absolute Gasteiger partial charge is 0.188 e. The van der Waals surface area contributed by atoms with E-state index in [9.17, 15) is 0 Å². The molecule has 1 aromatic carbocycles. The molecule has 1 aliphatic rings. The lowest BCUT2D eigenvalue weighted by Crippen LogP contribution is -2.32. The maximum atomic E-state index is 5.93. The predicted octanol–water partition coefficient (Wildman–Crippen LogP) is 2.89. The number of nitrogens with two attached hydrogens (primary N) is 1. The molecule has 0 aliphatic carbocycles. The first-order chi connectivity index (χ1) is 12.3. The van der Waals surface area contributed by atoms with Gasteiger partial charge in [-0.3, -0.25) is 4.90 Å². The molecule has 1 saturated heterocycles. The van der Waals surface area contributed by atoms with E-state index in [0.29, 0.717) is 12.5 Å². The molecule has 5 heteroatoms. The molecule has 5 nitrogen and oxygen atoms in total. The van der Waals surface area contributed by atoms with Gasteiger partial charge in [-0.2, -0.15) is 0 Å². The lowest BCUT2D eigenvalue weighted by molar-refractivity contribution is 0.145. The zero-order chi connectivity index (χ0) is 17.7. The minimum absolute atomic E-state index is 0.509. The summed E-state index contributed by atoms with van der Waals surface area (Å²) in [5, 5.41) is 3.14. The fraction of sp³-hybridized carbons (Fsp3) is 0.650. The summed E-state index contributed by atoms with van der Waals surface area (Å²) in [6.45, 7) is 8.43. The number of guanidine groups is 1. The molecule has 1 aromatic rings. The van der Waals surface area contributed by atoms with Gasteiger partial charge in [-0.15, -0.1) is 0 Å². The van der Waals surface area contributed by atoms with Crippen molar-refractivity contribution in [2.24, 2.45) is 10.7 Å². The van der Waals surface area contributed by atoms with E-state index in [1.54, 1.807) is 0 Å². The summed E-state index contributed by atoms with van der Waals surface area (Å²) in [5.74, 6) is 0.509. The van der Waals surface area contributed by atoms with Gasteiger partial charge >= 0.3 is 0 Å². The van der Waals surface area contributed by atoms with Crippen molar-refractivity contribution in [1.82, 2.24) is 10.2 Å². The van der Waals surface area contributed by atoms with E-state index in [1.807, 2.05) is 6.92 Å². The third-order valence-electron chi connectivity index (χ3n) is 4.50. The van der Waals surface area contributed by atoms with E-state index in [0.717, 1.165) is 32.7 Å². The van der Waals surface area contributed by atoms with Crippen LogP contribution in [-0.2, 0) is 17.8 Å². The maximum absolute atomic E-state index is 5.93. The molecule has 0 unspecified atom stereocenters. The Morgan fingerprint density at radius 3 is 2.72 bits per heavy atom. The summed E-state index contributed by atoms with van der Waals surface area (Å²) < 4.78 is 5.30. The fourth-order valence-electron chi connectivity index (χ4n) is 3.15. The van der Waals surface area contributed by atoms with Crippen molar-refractivity contribution in [3.8, 4) is 0 Å². The summed E-state index contributed by atoms with van der Waals surface area (Å²) in [5.41, 5.74) is 8.52. The molecule has 0 atom stereocenters. The van der Waals surface area contributed by atoms with Gasteiger partial charge in [0, 0.05) is 26.3 Å². The second-order valence-corrected chi connectivity index (χ2v) is 6.69. The van der Waals surface area contributed by atoms with E-state index in [4.69, 9.17) is 10.5 Å². The molecule has 25 heavy (non-hydrogen) atoms. The number of hydrogen-bond donors (Lipinski definition) is 2. The second-order valence-electron chi connectivity index (χ2n) is 6.69.